The van der Waals surface area contributed by atoms with Gasteiger partial charge in [-0.2, -0.15) is 0 Å². The molecule has 8 heteroatoms. The number of anilines is 2. The second-order valence-electron chi connectivity index (χ2n) is 5.42. The van der Waals surface area contributed by atoms with Gasteiger partial charge in [0.25, 0.3) is 5.91 Å². The van der Waals surface area contributed by atoms with Gasteiger partial charge >= 0.3 is 0 Å². The predicted molar refractivity (Wildman–Crippen MR) is 97.4 cm³/mol. The number of fused-ring (bicyclic) bond motifs is 1. The van der Waals surface area contributed by atoms with Gasteiger partial charge in [-0.05, 0) is 23.8 Å². The molecule has 0 aromatic heterocycles. The lowest BCUT2D eigenvalue weighted by Gasteiger charge is -2.20. The molecule has 3 rings (SSSR count). The Kier molecular flexibility index (Phi) is 5.31. The normalized spacial score (nSPS) is 12.6. The molecule has 0 atom stereocenters. The van der Waals surface area contributed by atoms with Gasteiger partial charge in [-0.1, -0.05) is 35.3 Å². The lowest BCUT2D eigenvalue weighted by Crippen LogP contribution is -2.29. The fourth-order valence-corrected chi connectivity index (χ4v) is 2.63. The predicted octanol–water partition coefficient (Wildman–Crippen LogP) is 3.05. The van der Waals surface area contributed by atoms with Crippen LogP contribution in [0, 0.1) is 0 Å². The van der Waals surface area contributed by atoms with Crippen molar-refractivity contribution in [2.45, 2.75) is 6.54 Å². The third kappa shape index (κ3) is 4.55. The summed E-state index contributed by atoms with van der Waals surface area (Å²) in [6, 6.07) is 10.5. The van der Waals surface area contributed by atoms with E-state index < -0.39 is 0 Å². The average Bonchev–Trinajstić information content (AvgIpc) is 2.59. The van der Waals surface area contributed by atoms with Crippen molar-refractivity contribution in [3.05, 3.63) is 52.0 Å². The van der Waals surface area contributed by atoms with Gasteiger partial charge in [0, 0.05) is 17.6 Å². The zero-order chi connectivity index (χ0) is 17.8. The zero-order valence-corrected chi connectivity index (χ0v) is 14.6. The van der Waals surface area contributed by atoms with E-state index in [1.54, 1.807) is 24.3 Å². The van der Waals surface area contributed by atoms with Crippen LogP contribution in [-0.4, -0.2) is 25.0 Å². The summed E-state index contributed by atoms with van der Waals surface area (Å²) < 4.78 is 5.33. The SMILES string of the molecule is O=C(CNc1cc2c(cc1Cl)NC(=O)CO2)NCc1ccc(Cl)cc1. The van der Waals surface area contributed by atoms with Crippen molar-refractivity contribution in [2.24, 2.45) is 0 Å². The van der Waals surface area contributed by atoms with Crippen molar-refractivity contribution in [1.29, 1.82) is 0 Å². The highest BCUT2D eigenvalue weighted by atomic mass is 35.5. The Morgan fingerprint density at radius 2 is 1.96 bits per heavy atom. The highest BCUT2D eigenvalue weighted by molar-refractivity contribution is 6.33. The summed E-state index contributed by atoms with van der Waals surface area (Å²) in [5.74, 6) is 0.0943. The molecule has 25 heavy (non-hydrogen) atoms. The van der Waals surface area contributed by atoms with Crippen LogP contribution in [0.2, 0.25) is 10.0 Å². The lowest BCUT2D eigenvalue weighted by molar-refractivity contribution is -0.120. The van der Waals surface area contributed by atoms with Crippen molar-refractivity contribution < 1.29 is 14.3 Å². The van der Waals surface area contributed by atoms with Crippen molar-refractivity contribution in [3.8, 4) is 5.75 Å². The number of carbonyl (C=O) groups excluding carboxylic acids is 2. The molecule has 0 saturated heterocycles. The summed E-state index contributed by atoms with van der Waals surface area (Å²) in [5.41, 5.74) is 2.02. The van der Waals surface area contributed by atoms with Crippen molar-refractivity contribution in [3.63, 3.8) is 0 Å². The van der Waals surface area contributed by atoms with Crippen LogP contribution < -0.4 is 20.7 Å². The van der Waals surface area contributed by atoms with E-state index in [1.807, 2.05) is 12.1 Å². The van der Waals surface area contributed by atoms with Crippen LogP contribution in [0.4, 0.5) is 11.4 Å². The number of hydrogen-bond donors (Lipinski definition) is 3. The van der Waals surface area contributed by atoms with Crippen LogP contribution in [0.1, 0.15) is 5.56 Å². The Morgan fingerprint density at radius 3 is 2.72 bits per heavy atom. The summed E-state index contributed by atoms with van der Waals surface area (Å²) in [6.45, 7) is 0.416. The van der Waals surface area contributed by atoms with Gasteiger partial charge in [0.2, 0.25) is 5.91 Å². The molecule has 2 aromatic rings. The van der Waals surface area contributed by atoms with Gasteiger partial charge < -0.3 is 20.7 Å². The molecule has 0 unspecified atom stereocenters. The molecule has 6 nitrogen and oxygen atoms in total. The van der Waals surface area contributed by atoms with Gasteiger partial charge in [-0.25, -0.2) is 0 Å². The molecule has 0 saturated carbocycles. The number of ether oxygens (including phenoxy) is 1. The van der Waals surface area contributed by atoms with Crippen LogP contribution in [-0.2, 0) is 16.1 Å². The summed E-state index contributed by atoms with van der Waals surface area (Å²) in [6.07, 6.45) is 0. The number of nitrogens with one attached hydrogen (secondary N) is 3. The molecule has 0 bridgehead atoms. The second-order valence-corrected chi connectivity index (χ2v) is 6.27. The number of amides is 2. The minimum atomic E-state index is -0.231. The van der Waals surface area contributed by atoms with E-state index >= 15 is 0 Å². The molecule has 1 aliphatic heterocycles. The van der Waals surface area contributed by atoms with E-state index in [2.05, 4.69) is 16.0 Å². The molecule has 0 aliphatic carbocycles. The molecule has 0 spiro atoms. The maximum Gasteiger partial charge on any atom is 0.262 e. The molecule has 3 N–H and O–H groups in total. The van der Waals surface area contributed by atoms with Crippen LogP contribution in [0.5, 0.6) is 5.75 Å². The topological polar surface area (TPSA) is 79.5 Å². The van der Waals surface area contributed by atoms with E-state index in [4.69, 9.17) is 27.9 Å². The highest BCUT2D eigenvalue weighted by Crippen LogP contribution is 2.36. The van der Waals surface area contributed by atoms with Crippen molar-refractivity contribution in [1.82, 2.24) is 5.32 Å². The second kappa shape index (κ2) is 7.63. The standard InChI is InChI=1S/C17H15Cl2N3O3/c18-11-3-1-10(2-4-11)7-21-16(23)8-20-13-6-15-14(5-12(13)19)22-17(24)9-25-15/h1-6,20H,7-9H2,(H,21,23)(H,22,24). The highest BCUT2D eigenvalue weighted by Gasteiger charge is 2.18. The summed E-state index contributed by atoms with van der Waals surface area (Å²) in [4.78, 5) is 23.3. The first-order valence-corrected chi connectivity index (χ1v) is 8.28. The molecular weight excluding hydrogens is 365 g/mol. The Bertz CT molecular complexity index is 810. The molecule has 1 aliphatic rings. The minimum absolute atomic E-state index is 0.0460. The minimum Gasteiger partial charge on any atom is -0.482 e. The third-order valence-corrected chi connectivity index (χ3v) is 4.11. The largest absolute Gasteiger partial charge is 0.482 e. The van der Waals surface area contributed by atoms with E-state index in [9.17, 15) is 9.59 Å². The van der Waals surface area contributed by atoms with E-state index in [1.165, 1.54) is 0 Å². The van der Waals surface area contributed by atoms with E-state index in [-0.39, 0.29) is 25.0 Å². The first kappa shape index (κ1) is 17.4. The van der Waals surface area contributed by atoms with Gasteiger partial charge in [0.05, 0.1) is 22.9 Å². The van der Waals surface area contributed by atoms with Crippen molar-refractivity contribution in [2.75, 3.05) is 23.8 Å². The van der Waals surface area contributed by atoms with Crippen LogP contribution in [0.3, 0.4) is 0 Å². The lowest BCUT2D eigenvalue weighted by atomic mass is 10.2. The molecule has 2 aromatic carbocycles. The number of carbonyl (C=O) groups is 2. The Hall–Kier alpha value is -2.44. The Morgan fingerprint density at radius 1 is 1.20 bits per heavy atom. The van der Waals surface area contributed by atoms with Gasteiger partial charge in [0.15, 0.2) is 6.61 Å². The van der Waals surface area contributed by atoms with Crippen LogP contribution in [0.25, 0.3) is 0 Å². The molecule has 0 radical (unpaired) electrons. The van der Waals surface area contributed by atoms with Crippen LogP contribution in [0.15, 0.2) is 36.4 Å². The molecule has 130 valence electrons. The third-order valence-electron chi connectivity index (χ3n) is 3.54. The Balaban J connectivity index is 1.55. The Labute approximate surface area is 154 Å². The number of hydrogen-bond acceptors (Lipinski definition) is 4. The van der Waals surface area contributed by atoms with Gasteiger partial charge in [-0.15, -0.1) is 0 Å². The maximum atomic E-state index is 12.0. The molecule has 2 amide bonds. The first-order valence-electron chi connectivity index (χ1n) is 7.52. The first-order chi connectivity index (χ1) is 12.0. The zero-order valence-electron chi connectivity index (χ0n) is 13.1. The van der Waals surface area contributed by atoms with E-state index in [0.29, 0.717) is 33.7 Å². The summed E-state index contributed by atoms with van der Waals surface area (Å²) in [7, 11) is 0. The van der Waals surface area contributed by atoms with E-state index in [0.717, 1.165) is 5.56 Å². The summed E-state index contributed by atoms with van der Waals surface area (Å²) >= 11 is 12.0. The average molecular weight is 380 g/mol. The number of benzene rings is 2. The summed E-state index contributed by atoms with van der Waals surface area (Å²) in [5, 5.41) is 9.47. The number of halogens is 2. The van der Waals surface area contributed by atoms with Crippen LogP contribution >= 0.6 is 23.2 Å². The maximum absolute atomic E-state index is 12.0. The quantitative estimate of drug-likeness (QED) is 0.745. The molecule has 0 fully saturated rings. The smallest absolute Gasteiger partial charge is 0.262 e. The fraction of sp³-hybridized carbons (Fsp3) is 0.176. The fourth-order valence-electron chi connectivity index (χ4n) is 2.28. The molecule has 1 heterocycles. The number of rotatable bonds is 5. The molecular formula is C17H15Cl2N3O3. The van der Waals surface area contributed by atoms with Crippen molar-refractivity contribution >= 4 is 46.4 Å². The van der Waals surface area contributed by atoms with Gasteiger partial charge in [-0.3, -0.25) is 9.59 Å². The van der Waals surface area contributed by atoms with Gasteiger partial charge in [0.1, 0.15) is 5.75 Å². The monoisotopic (exact) mass is 379 g/mol.